The smallest absolute Gasteiger partial charge is 2.00 e. The fourth-order valence-electron chi connectivity index (χ4n) is 0. The molecule has 4 heavy (non-hydrogen) atoms. The Hall–Kier alpha value is 1.97. The minimum atomic E-state index is 0. The molecule has 0 aromatic heterocycles. The second-order valence-corrected chi connectivity index (χ2v) is 0. The van der Waals surface area contributed by atoms with Crippen molar-refractivity contribution < 1.29 is 50.2 Å². The van der Waals surface area contributed by atoms with Gasteiger partial charge in [0.2, 0.25) is 0 Å². The Morgan fingerprint density at radius 1 is 0.750 bits per heavy atom. The molecule has 0 saturated carbocycles. The van der Waals surface area contributed by atoms with Gasteiger partial charge in [-0.2, -0.15) is 0 Å². The Bertz CT molecular complexity index is 6.00. The third kappa shape index (κ3) is 9.02. The molecule has 0 spiro atoms. The zero-order chi connectivity index (χ0) is 0. The maximum Gasteiger partial charge on any atom is 3.00 e. The topological polar surface area (TPSA) is 28.5 Å². The Kier molecular flexibility index (Phi) is 191. The van der Waals surface area contributed by atoms with Gasteiger partial charge in [0.05, 0.1) is 0 Å². The molecule has 0 rings (SSSR count). The number of hydrogen-bond donors (Lipinski definition) is 0. The van der Waals surface area contributed by atoms with Crippen molar-refractivity contribution in [3.8, 4) is 0 Å². The molecule has 1 nitrogen and oxygen atoms in total. The standard InChI is InChI=1S/2Ag.Al.O/q2*+1;+3;-2. The summed E-state index contributed by atoms with van der Waals surface area (Å²) in [6, 6.07) is 0. The molecular weight excluding hydrogens is 259 g/mol. The van der Waals surface area contributed by atoms with Gasteiger partial charge in [-0.25, -0.2) is 0 Å². The molecule has 0 saturated heterocycles. The van der Waals surface area contributed by atoms with E-state index in [4.69, 9.17) is 0 Å². The summed E-state index contributed by atoms with van der Waals surface area (Å²) in [6.45, 7) is 0. The minimum absolute atomic E-state index is 0. The van der Waals surface area contributed by atoms with E-state index in [0.29, 0.717) is 0 Å². The third-order valence-electron chi connectivity index (χ3n) is 0. The molecule has 4 heteroatoms. The normalized spacial score (nSPS) is 0. The predicted octanol–water partition coefficient (Wildman–Crippen LogP) is -0.505. The molecule has 0 aliphatic rings. The summed E-state index contributed by atoms with van der Waals surface area (Å²) < 4.78 is 0. The van der Waals surface area contributed by atoms with Crippen LogP contribution in [0.2, 0.25) is 0 Å². The fraction of sp³-hybridized carbons (Fsp3) is 0. The van der Waals surface area contributed by atoms with Crippen molar-refractivity contribution in [2.75, 3.05) is 0 Å². The van der Waals surface area contributed by atoms with Crippen molar-refractivity contribution in [1.82, 2.24) is 0 Å². The van der Waals surface area contributed by atoms with E-state index in [1.54, 1.807) is 0 Å². The monoisotopic (exact) mass is 257 g/mol. The van der Waals surface area contributed by atoms with Gasteiger partial charge in [-0.05, 0) is 0 Å². The van der Waals surface area contributed by atoms with Crippen LogP contribution in [0.1, 0.15) is 0 Å². The molecule has 0 aromatic rings. The zero-order valence-electron chi connectivity index (χ0n) is 1.59. The molecule has 0 aliphatic carbocycles. The molecule has 0 radical (unpaired) electrons. The maximum atomic E-state index is 0. The van der Waals surface area contributed by atoms with E-state index < -0.39 is 0 Å². The average molecular weight is 259 g/mol. The molecule has 0 aromatic carbocycles. The van der Waals surface area contributed by atoms with Gasteiger partial charge in [-0.1, -0.05) is 0 Å². The largest absolute Gasteiger partial charge is 3.00 e. The quantitative estimate of drug-likeness (QED) is 0.524. The molecule has 0 unspecified atom stereocenters. The summed E-state index contributed by atoms with van der Waals surface area (Å²) in [5.41, 5.74) is 0. The van der Waals surface area contributed by atoms with Crippen molar-refractivity contribution in [2.45, 2.75) is 0 Å². The Morgan fingerprint density at radius 2 is 0.750 bits per heavy atom. The van der Waals surface area contributed by atoms with Crippen molar-refractivity contribution >= 4 is 17.4 Å². The molecule has 0 fully saturated rings. The van der Waals surface area contributed by atoms with Crippen LogP contribution >= 0.6 is 0 Å². The second-order valence-electron chi connectivity index (χ2n) is 0. The van der Waals surface area contributed by atoms with E-state index >= 15 is 0 Å². The molecular formula is Ag2AlO+3. The predicted molar refractivity (Wildman–Crippen MR) is 6.44 cm³/mol. The molecule has 28 valence electrons. The van der Waals surface area contributed by atoms with Gasteiger partial charge < -0.3 is 5.48 Å². The molecule has 0 aliphatic heterocycles. The summed E-state index contributed by atoms with van der Waals surface area (Å²) in [7, 11) is 0. The van der Waals surface area contributed by atoms with E-state index in [1.165, 1.54) is 0 Å². The number of hydrogen-bond acceptors (Lipinski definition) is 0. The molecule has 0 heterocycles. The summed E-state index contributed by atoms with van der Waals surface area (Å²) in [6.07, 6.45) is 0. The Morgan fingerprint density at radius 3 is 0.750 bits per heavy atom. The summed E-state index contributed by atoms with van der Waals surface area (Å²) in [5.74, 6) is 0. The van der Waals surface area contributed by atoms with Crippen LogP contribution in [0.5, 0.6) is 0 Å². The molecule has 0 atom stereocenters. The van der Waals surface area contributed by atoms with E-state index in [0.717, 1.165) is 0 Å². The summed E-state index contributed by atoms with van der Waals surface area (Å²) >= 11 is 0. The summed E-state index contributed by atoms with van der Waals surface area (Å²) in [5, 5.41) is 0. The SMILES string of the molecule is [Ag+].[Ag+].[Al+3].[O-2]. The van der Waals surface area contributed by atoms with Crippen LogP contribution in [0.15, 0.2) is 0 Å². The van der Waals surface area contributed by atoms with E-state index in [-0.39, 0.29) is 67.6 Å². The van der Waals surface area contributed by atoms with E-state index in [9.17, 15) is 0 Å². The number of rotatable bonds is 0. The third-order valence-corrected chi connectivity index (χ3v) is 0. The molecule has 0 amide bonds. The van der Waals surface area contributed by atoms with E-state index in [1.807, 2.05) is 0 Å². The van der Waals surface area contributed by atoms with Gasteiger partial charge >= 0.3 is 62.1 Å². The average Bonchev–Trinajstić information content (AvgIpc) is 0. The summed E-state index contributed by atoms with van der Waals surface area (Å²) in [4.78, 5) is 0. The first kappa shape index (κ1) is 37.9. The Labute approximate surface area is 67.0 Å². The van der Waals surface area contributed by atoms with Crippen LogP contribution in [-0.2, 0) is 50.2 Å². The Balaban J connectivity index is 0. The second kappa shape index (κ2) is 20.2. The van der Waals surface area contributed by atoms with Gasteiger partial charge in [-0.3, -0.25) is 0 Å². The zero-order valence-corrected chi connectivity index (χ0v) is 5.71. The van der Waals surface area contributed by atoms with Crippen molar-refractivity contribution in [2.24, 2.45) is 0 Å². The first-order chi connectivity index (χ1) is 0. The first-order valence-electron chi connectivity index (χ1n) is 0. The molecule has 0 N–H and O–H groups in total. The van der Waals surface area contributed by atoms with E-state index in [2.05, 4.69) is 0 Å². The van der Waals surface area contributed by atoms with Crippen molar-refractivity contribution in [3.63, 3.8) is 0 Å². The molecule has 0 bridgehead atoms. The fourth-order valence-corrected chi connectivity index (χ4v) is 0. The maximum absolute atomic E-state index is 0. The van der Waals surface area contributed by atoms with Gasteiger partial charge in [0, 0.05) is 0 Å². The van der Waals surface area contributed by atoms with Crippen LogP contribution < -0.4 is 0 Å². The van der Waals surface area contributed by atoms with Gasteiger partial charge in [-0.15, -0.1) is 0 Å². The first-order valence-corrected chi connectivity index (χ1v) is 0. The van der Waals surface area contributed by atoms with Crippen LogP contribution in [0.4, 0.5) is 0 Å². The van der Waals surface area contributed by atoms with Gasteiger partial charge in [0.1, 0.15) is 0 Å². The van der Waals surface area contributed by atoms with Crippen molar-refractivity contribution in [3.05, 3.63) is 0 Å². The van der Waals surface area contributed by atoms with Crippen LogP contribution in [0, 0.1) is 0 Å². The van der Waals surface area contributed by atoms with Gasteiger partial charge in [0.25, 0.3) is 0 Å². The minimum Gasteiger partial charge on any atom is -2.00 e. The van der Waals surface area contributed by atoms with Gasteiger partial charge in [0.15, 0.2) is 0 Å². The van der Waals surface area contributed by atoms with Crippen LogP contribution in [-0.4, -0.2) is 17.4 Å². The van der Waals surface area contributed by atoms with Crippen LogP contribution in [0.3, 0.4) is 0 Å². The van der Waals surface area contributed by atoms with Crippen LogP contribution in [0.25, 0.3) is 0 Å². The van der Waals surface area contributed by atoms with Crippen molar-refractivity contribution in [1.29, 1.82) is 0 Å².